The molecule has 1 radical (unpaired) electrons. The molecule has 6 heavy (non-hydrogen) atoms. The van der Waals surface area contributed by atoms with Crippen molar-refractivity contribution in [3.63, 3.8) is 0 Å². The minimum atomic E-state index is 0.685. The fourth-order valence-electron chi connectivity index (χ4n) is 0. The van der Waals surface area contributed by atoms with Gasteiger partial charge in [0, 0.05) is 0 Å². The number of hydrogen-bond donors (Lipinski definition) is 0. The summed E-state index contributed by atoms with van der Waals surface area (Å²) in [5.41, 5.74) is 0. The van der Waals surface area contributed by atoms with E-state index in [1.54, 1.807) is 0 Å². The molecule has 0 aliphatic heterocycles. The Morgan fingerprint density at radius 2 is 1.33 bits per heavy atom. The highest BCUT2D eigenvalue weighted by Crippen LogP contribution is 1.80. The molecule has 0 N–H and O–H groups in total. The maximum atomic E-state index is 2.17. The number of hydrogen-bond acceptors (Lipinski definition) is 1. The van der Waals surface area contributed by atoms with Gasteiger partial charge in [0.2, 0.25) is 0 Å². The number of rotatable bonds is 1. The lowest BCUT2D eigenvalue weighted by molar-refractivity contribution is 0.473. The van der Waals surface area contributed by atoms with Crippen LogP contribution in [0.1, 0.15) is 13.8 Å². The van der Waals surface area contributed by atoms with Crippen LogP contribution in [0, 0.1) is 0 Å². The van der Waals surface area contributed by atoms with E-state index in [1.807, 2.05) is 0 Å². The summed E-state index contributed by atoms with van der Waals surface area (Å²) >= 11 is 0. The van der Waals surface area contributed by atoms with E-state index in [2.05, 4.69) is 32.8 Å². The van der Waals surface area contributed by atoms with Gasteiger partial charge in [0.05, 0.1) is 0 Å². The maximum absolute atomic E-state index is 2.17. The molecular formula is C5H13N+. The molecular weight excluding hydrogens is 74.1 g/mol. The molecule has 0 fully saturated rings. The predicted molar refractivity (Wildman–Crippen MR) is 29.1 cm³/mol. The molecule has 1 nitrogen and oxygen atoms in total. The Morgan fingerprint density at radius 1 is 1.17 bits per heavy atom. The minimum Gasteiger partial charge on any atom is -0.173 e. The third-order valence-electron chi connectivity index (χ3n) is 1.03. The molecule has 37 valence electrons. The predicted octanol–water partition coefficient (Wildman–Crippen LogP) is 0.794. The normalized spacial score (nSPS) is 11.0. The summed E-state index contributed by atoms with van der Waals surface area (Å²) in [5.74, 6) is 0. The van der Waals surface area contributed by atoms with E-state index in [0.717, 1.165) is 0 Å². The van der Waals surface area contributed by atoms with Gasteiger partial charge < -0.3 is 0 Å². The molecule has 0 atom stereocenters. The van der Waals surface area contributed by atoms with Crippen LogP contribution in [-0.4, -0.2) is 20.1 Å². The zero-order valence-corrected chi connectivity index (χ0v) is 5.02. The number of nitrogens with zero attached hydrogens (tertiary/aromatic N) is 1. The van der Waals surface area contributed by atoms with E-state index in [1.165, 1.54) is 0 Å². The Morgan fingerprint density at radius 3 is 1.33 bits per heavy atom. The molecule has 0 heterocycles. The molecule has 0 aliphatic carbocycles. The van der Waals surface area contributed by atoms with Crippen LogP contribution in [0.2, 0.25) is 0 Å². The highest BCUT2D eigenvalue weighted by Gasteiger charge is 2.01. The van der Waals surface area contributed by atoms with Crippen LogP contribution in [0.4, 0.5) is 0 Å². The standard InChI is InChI=1S/C5H13N/c1-5(2)6(3)4/h5H,1-4H3/q+1. The van der Waals surface area contributed by atoms with Crippen molar-refractivity contribution < 1.29 is 0 Å². The quantitative estimate of drug-likeness (QED) is 0.417. The van der Waals surface area contributed by atoms with Gasteiger partial charge in [0.25, 0.3) is 0 Å². The van der Waals surface area contributed by atoms with Crippen LogP contribution in [0.15, 0.2) is 0 Å². The molecule has 0 saturated heterocycles. The second-order valence-corrected chi connectivity index (χ2v) is 2.06. The van der Waals surface area contributed by atoms with Gasteiger partial charge in [-0.1, -0.05) is 0 Å². The molecule has 0 unspecified atom stereocenters. The van der Waals surface area contributed by atoms with Gasteiger partial charge in [-0.2, -0.15) is 4.90 Å². The highest BCUT2D eigenvalue weighted by atomic mass is 15.1. The van der Waals surface area contributed by atoms with E-state index < -0.39 is 0 Å². The van der Waals surface area contributed by atoms with Gasteiger partial charge in [0.1, 0.15) is 20.1 Å². The molecule has 0 aromatic rings. The van der Waals surface area contributed by atoms with Crippen molar-refractivity contribution in [2.75, 3.05) is 14.1 Å². The smallest absolute Gasteiger partial charge is 0.126 e. The first-order valence-electron chi connectivity index (χ1n) is 2.31. The Labute approximate surface area is 40.0 Å². The van der Waals surface area contributed by atoms with Gasteiger partial charge in [0.15, 0.2) is 0 Å². The van der Waals surface area contributed by atoms with Gasteiger partial charge in [-0.25, -0.2) is 0 Å². The van der Waals surface area contributed by atoms with Crippen molar-refractivity contribution in [2.45, 2.75) is 19.9 Å². The van der Waals surface area contributed by atoms with E-state index in [0.29, 0.717) is 6.04 Å². The molecule has 0 rings (SSSR count). The van der Waals surface area contributed by atoms with Crippen LogP contribution in [-0.2, 0) is 0 Å². The highest BCUT2D eigenvalue weighted by molar-refractivity contribution is 4.52. The lowest BCUT2D eigenvalue weighted by Crippen LogP contribution is -2.26. The second kappa shape index (κ2) is 2.19. The Bertz CT molecular complexity index is 24.9. The molecule has 0 spiro atoms. The average Bonchev–Trinajstić information content (AvgIpc) is 1.36. The summed E-state index contributed by atoms with van der Waals surface area (Å²) in [6, 6.07) is 0.685. The lowest BCUT2D eigenvalue weighted by Gasteiger charge is -2.00. The summed E-state index contributed by atoms with van der Waals surface area (Å²) < 4.78 is 0. The van der Waals surface area contributed by atoms with Gasteiger partial charge >= 0.3 is 0 Å². The first kappa shape index (κ1) is 5.96. The summed E-state index contributed by atoms with van der Waals surface area (Å²) in [4.78, 5) is 2.17. The SMILES string of the molecule is CC(C)[N+](C)C. The summed E-state index contributed by atoms with van der Waals surface area (Å²) in [6.07, 6.45) is 0. The average molecular weight is 87.2 g/mol. The Hall–Kier alpha value is -0.0400. The third kappa shape index (κ3) is 2.21. The fraction of sp³-hybridized carbons (Fsp3) is 1.00. The molecule has 1 heteroatoms. The Balaban J connectivity index is 2.99. The van der Waals surface area contributed by atoms with Crippen molar-refractivity contribution >= 4 is 0 Å². The van der Waals surface area contributed by atoms with Crippen molar-refractivity contribution in [1.29, 1.82) is 0 Å². The molecule has 0 amide bonds. The Kier molecular flexibility index (Phi) is 2.18. The molecule has 0 bridgehead atoms. The van der Waals surface area contributed by atoms with Crippen LogP contribution in [0.5, 0.6) is 0 Å². The van der Waals surface area contributed by atoms with Crippen LogP contribution in [0.25, 0.3) is 0 Å². The van der Waals surface area contributed by atoms with Crippen molar-refractivity contribution in [2.24, 2.45) is 0 Å². The van der Waals surface area contributed by atoms with Crippen LogP contribution < -0.4 is 4.90 Å². The summed E-state index contributed by atoms with van der Waals surface area (Å²) in [7, 11) is 4.15. The zero-order chi connectivity index (χ0) is 5.15. The maximum Gasteiger partial charge on any atom is 0.126 e. The minimum absolute atomic E-state index is 0.685. The van der Waals surface area contributed by atoms with E-state index in [4.69, 9.17) is 0 Å². The van der Waals surface area contributed by atoms with Gasteiger partial charge in [-0.05, 0) is 13.8 Å². The van der Waals surface area contributed by atoms with E-state index in [9.17, 15) is 0 Å². The topological polar surface area (TPSA) is 5.90 Å². The molecule has 0 aliphatic rings. The fourth-order valence-corrected chi connectivity index (χ4v) is 0. The van der Waals surface area contributed by atoms with Gasteiger partial charge in [-0.3, -0.25) is 0 Å². The monoisotopic (exact) mass is 87.1 g/mol. The third-order valence-corrected chi connectivity index (χ3v) is 1.03. The first-order chi connectivity index (χ1) is 2.64. The summed E-state index contributed by atoms with van der Waals surface area (Å²) in [5, 5.41) is 0. The lowest BCUT2D eigenvalue weighted by atomic mass is 10.4. The van der Waals surface area contributed by atoms with Gasteiger partial charge in [-0.15, -0.1) is 0 Å². The summed E-state index contributed by atoms with van der Waals surface area (Å²) in [6.45, 7) is 4.33. The van der Waals surface area contributed by atoms with Crippen LogP contribution >= 0.6 is 0 Å². The molecule has 0 aromatic heterocycles. The van der Waals surface area contributed by atoms with Crippen LogP contribution in [0.3, 0.4) is 0 Å². The van der Waals surface area contributed by atoms with Crippen molar-refractivity contribution in [3.05, 3.63) is 0 Å². The largest absolute Gasteiger partial charge is 0.173 e. The van der Waals surface area contributed by atoms with Crippen molar-refractivity contribution in [3.8, 4) is 0 Å². The van der Waals surface area contributed by atoms with E-state index in [-0.39, 0.29) is 0 Å². The zero-order valence-electron chi connectivity index (χ0n) is 5.02. The van der Waals surface area contributed by atoms with Crippen molar-refractivity contribution in [1.82, 2.24) is 4.90 Å². The first-order valence-corrected chi connectivity index (χ1v) is 2.31. The molecule has 0 saturated carbocycles. The molecule has 0 aromatic carbocycles. The second-order valence-electron chi connectivity index (χ2n) is 2.06. The van der Waals surface area contributed by atoms with E-state index >= 15 is 0 Å².